The molecule has 0 saturated carbocycles. The lowest BCUT2D eigenvalue weighted by Gasteiger charge is -2.08. The van der Waals surface area contributed by atoms with Crippen molar-refractivity contribution in [2.45, 2.75) is 0 Å². The molecule has 0 spiro atoms. The standard InChI is InChI=1S/C13H9BrN4O/c14-10-6-2-4-8-12(10)16-13(19)9-5-1-3-7-11(9)17-18-15/h1-8H,(H,16,19). The number of nitrogens with zero attached hydrogens (tertiary/aromatic N) is 3. The van der Waals surface area contributed by atoms with E-state index in [0.29, 0.717) is 16.9 Å². The largest absolute Gasteiger partial charge is 0.321 e. The molecule has 2 aromatic carbocycles. The van der Waals surface area contributed by atoms with Gasteiger partial charge in [0, 0.05) is 14.9 Å². The van der Waals surface area contributed by atoms with Crippen molar-refractivity contribution in [2.75, 3.05) is 5.32 Å². The molecule has 19 heavy (non-hydrogen) atoms. The SMILES string of the molecule is [N-]=[N+]=Nc1ccccc1C(=O)Nc1ccccc1Br. The van der Waals surface area contributed by atoms with Crippen molar-refractivity contribution in [2.24, 2.45) is 5.11 Å². The number of para-hydroxylation sites is 1. The van der Waals surface area contributed by atoms with Crippen LogP contribution in [0.2, 0.25) is 0 Å². The summed E-state index contributed by atoms with van der Waals surface area (Å²) in [4.78, 5) is 14.9. The first-order chi connectivity index (χ1) is 9.22. The maximum atomic E-state index is 12.1. The maximum Gasteiger partial charge on any atom is 0.256 e. The highest BCUT2D eigenvalue weighted by Gasteiger charge is 2.11. The van der Waals surface area contributed by atoms with E-state index in [1.807, 2.05) is 18.2 Å². The van der Waals surface area contributed by atoms with Crippen molar-refractivity contribution < 1.29 is 4.79 Å². The van der Waals surface area contributed by atoms with Gasteiger partial charge in [0.25, 0.3) is 5.91 Å². The number of azide groups is 1. The van der Waals surface area contributed by atoms with E-state index in [1.54, 1.807) is 30.3 Å². The molecule has 0 aliphatic carbocycles. The molecule has 0 heterocycles. The summed E-state index contributed by atoms with van der Waals surface area (Å²) < 4.78 is 0.782. The summed E-state index contributed by atoms with van der Waals surface area (Å²) in [5.41, 5.74) is 9.76. The van der Waals surface area contributed by atoms with Crippen LogP contribution >= 0.6 is 15.9 Å². The highest BCUT2D eigenvalue weighted by molar-refractivity contribution is 9.10. The molecular weight excluding hydrogens is 308 g/mol. The van der Waals surface area contributed by atoms with Crippen molar-refractivity contribution in [3.05, 3.63) is 69.0 Å². The second-order valence-electron chi connectivity index (χ2n) is 3.64. The van der Waals surface area contributed by atoms with E-state index in [9.17, 15) is 4.79 Å². The highest BCUT2D eigenvalue weighted by Crippen LogP contribution is 2.24. The van der Waals surface area contributed by atoms with Gasteiger partial charge in [0.2, 0.25) is 0 Å². The van der Waals surface area contributed by atoms with Crippen molar-refractivity contribution >= 4 is 33.2 Å². The topological polar surface area (TPSA) is 77.9 Å². The van der Waals surface area contributed by atoms with Gasteiger partial charge >= 0.3 is 0 Å². The van der Waals surface area contributed by atoms with Crippen LogP contribution in [0.25, 0.3) is 10.4 Å². The van der Waals surface area contributed by atoms with Gasteiger partial charge < -0.3 is 5.32 Å². The zero-order chi connectivity index (χ0) is 13.7. The number of nitrogens with one attached hydrogen (secondary N) is 1. The van der Waals surface area contributed by atoms with Crippen LogP contribution in [0, 0.1) is 0 Å². The molecule has 0 fully saturated rings. The number of hydrogen-bond donors (Lipinski definition) is 1. The van der Waals surface area contributed by atoms with Crippen LogP contribution in [0.3, 0.4) is 0 Å². The molecule has 0 aliphatic heterocycles. The van der Waals surface area contributed by atoms with Crippen LogP contribution in [0.1, 0.15) is 10.4 Å². The van der Waals surface area contributed by atoms with Crippen molar-refractivity contribution in [3.63, 3.8) is 0 Å². The predicted octanol–water partition coefficient (Wildman–Crippen LogP) is 4.64. The van der Waals surface area contributed by atoms with E-state index in [2.05, 4.69) is 31.3 Å². The minimum absolute atomic E-state index is 0.301. The normalized spacial score (nSPS) is 9.53. The quantitative estimate of drug-likeness (QED) is 0.499. The second-order valence-corrected chi connectivity index (χ2v) is 4.49. The van der Waals surface area contributed by atoms with E-state index in [-0.39, 0.29) is 5.91 Å². The van der Waals surface area contributed by atoms with Gasteiger partial charge in [-0.2, -0.15) is 0 Å². The summed E-state index contributed by atoms with van der Waals surface area (Å²) in [5.74, 6) is -0.324. The van der Waals surface area contributed by atoms with Crippen molar-refractivity contribution in [1.82, 2.24) is 0 Å². The number of halogens is 1. The Morgan fingerprint density at radius 3 is 2.58 bits per heavy atom. The van der Waals surface area contributed by atoms with Gasteiger partial charge in [-0.05, 0) is 39.7 Å². The predicted molar refractivity (Wildman–Crippen MR) is 77.3 cm³/mol. The third-order valence-electron chi connectivity index (χ3n) is 2.42. The van der Waals surface area contributed by atoms with Gasteiger partial charge in [-0.25, -0.2) is 0 Å². The number of carbonyl (C=O) groups excluding carboxylic acids is 1. The Balaban J connectivity index is 2.31. The van der Waals surface area contributed by atoms with Crippen LogP contribution in [0.15, 0.2) is 58.1 Å². The Bertz CT molecular complexity index is 665. The Kier molecular flexibility index (Phi) is 4.18. The molecule has 0 atom stereocenters. The number of carbonyl (C=O) groups is 1. The van der Waals surface area contributed by atoms with E-state index in [0.717, 1.165) is 4.47 Å². The number of benzene rings is 2. The Morgan fingerprint density at radius 1 is 1.16 bits per heavy atom. The summed E-state index contributed by atoms with van der Waals surface area (Å²) in [6.07, 6.45) is 0. The second kappa shape index (κ2) is 6.04. The fourth-order valence-electron chi connectivity index (χ4n) is 1.55. The fraction of sp³-hybridized carbons (Fsp3) is 0. The van der Waals surface area contributed by atoms with E-state index in [4.69, 9.17) is 5.53 Å². The van der Waals surface area contributed by atoms with Crippen molar-refractivity contribution in [3.8, 4) is 0 Å². The molecule has 0 aliphatic rings. The Labute approximate surface area is 118 Å². The lowest BCUT2D eigenvalue weighted by atomic mass is 10.1. The minimum atomic E-state index is -0.324. The zero-order valence-electron chi connectivity index (χ0n) is 9.75. The number of rotatable bonds is 3. The van der Waals surface area contributed by atoms with Gasteiger partial charge in [0.1, 0.15) is 0 Å². The van der Waals surface area contributed by atoms with Crippen LogP contribution in [-0.4, -0.2) is 5.91 Å². The molecule has 0 radical (unpaired) electrons. The van der Waals surface area contributed by atoms with Gasteiger partial charge in [0.15, 0.2) is 0 Å². The lowest BCUT2D eigenvalue weighted by molar-refractivity contribution is 0.102. The van der Waals surface area contributed by atoms with Crippen LogP contribution in [0.5, 0.6) is 0 Å². The lowest BCUT2D eigenvalue weighted by Crippen LogP contribution is -2.12. The fourth-order valence-corrected chi connectivity index (χ4v) is 1.94. The molecule has 0 unspecified atom stereocenters. The average molecular weight is 317 g/mol. The molecule has 6 heteroatoms. The molecule has 5 nitrogen and oxygen atoms in total. The number of anilines is 1. The summed E-state index contributed by atoms with van der Waals surface area (Å²) in [7, 11) is 0. The number of hydrogen-bond acceptors (Lipinski definition) is 2. The summed E-state index contributed by atoms with van der Waals surface area (Å²) in [6.45, 7) is 0. The first-order valence-electron chi connectivity index (χ1n) is 5.42. The Morgan fingerprint density at radius 2 is 1.84 bits per heavy atom. The van der Waals surface area contributed by atoms with Gasteiger partial charge in [-0.15, -0.1) is 0 Å². The average Bonchev–Trinajstić information content (AvgIpc) is 2.42. The highest BCUT2D eigenvalue weighted by atomic mass is 79.9. The molecular formula is C13H9BrN4O. The number of amides is 1. The summed E-state index contributed by atoms with van der Waals surface area (Å²) >= 11 is 3.35. The first-order valence-corrected chi connectivity index (χ1v) is 6.21. The van der Waals surface area contributed by atoms with Crippen LogP contribution in [-0.2, 0) is 0 Å². The first kappa shape index (κ1) is 13.1. The van der Waals surface area contributed by atoms with Gasteiger partial charge in [-0.1, -0.05) is 35.4 Å². The smallest absolute Gasteiger partial charge is 0.256 e. The van der Waals surface area contributed by atoms with E-state index < -0.39 is 0 Å². The molecule has 0 aromatic heterocycles. The van der Waals surface area contributed by atoms with Gasteiger partial charge in [-0.3, -0.25) is 4.79 Å². The third-order valence-corrected chi connectivity index (χ3v) is 3.11. The summed E-state index contributed by atoms with van der Waals surface area (Å²) in [6, 6.07) is 13.9. The van der Waals surface area contributed by atoms with E-state index >= 15 is 0 Å². The maximum absolute atomic E-state index is 12.1. The van der Waals surface area contributed by atoms with Crippen molar-refractivity contribution in [1.29, 1.82) is 0 Å². The van der Waals surface area contributed by atoms with Crippen LogP contribution in [0.4, 0.5) is 11.4 Å². The molecule has 0 saturated heterocycles. The zero-order valence-corrected chi connectivity index (χ0v) is 11.3. The molecule has 94 valence electrons. The monoisotopic (exact) mass is 316 g/mol. The molecule has 2 rings (SSSR count). The molecule has 1 N–H and O–H groups in total. The molecule has 2 aromatic rings. The third kappa shape index (κ3) is 3.13. The summed E-state index contributed by atoms with van der Waals surface area (Å²) in [5, 5.41) is 6.26. The Hall–Kier alpha value is -2.30. The molecule has 0 bridgehead atoms. The van der Waals surface area contributed by atoms with Crippen LogP contribution < -0.4 is 5.32 Å². The minimum Gasteiger partial charge on any atom is -0.321 e. The molecule has 1 amide bonds. The van der Waals surface area contributed by atoms with Gasteiger partial charge in [0.05, 0.1) is 11.4 Å². The van der Waals surface area contributed by atoms with E-state index in [1.165, 1.54) is 0 Å².